The van der Waals surface area contributed by atoms with E-state index in [9.17, 15) is 9.59 Å². The number of carbonyl (C=O) groups is 1. The summed E-state index contributed by atoms with van der Waals surface area (Å²) in [7, 11) is 0. The molecule has 2 rings (SSSR count). The summed E-state index contributed by atoms with van der Waals surface area (Å²) >= 11 is 0. The maximum atomic E-state index is 11.5. The lowest BCUT2D eigenvalue weighted by molar-refractivity contribution is 0.0983. The zero-order valence-electron chi connectivity index (χ0n) is 10.9. The average molecular weight is 266 g/mol. The molecule has 0 spiro atoms. The van der Waals surface area contributed by atoms with Crippen molar-refractivity contribution in [3.63, 3.8) is 0 Å². The molecule has 0 unspecified atom stereocenters. The number of aromatic amines is 1. The number of ether oxygens (including phenoxy) is 1. The number of nitrogens with zero attached hydrogens (tertiary/aromatic N) is 2. The first-order valence-corrected chi connectivity index (χ1v) is 6.42. The third kappa shape index (κ3) is 3.70. The van der Waals surface area contributed by atoms with Gasteiger partial charge in [0.2, 0.25) is 0 Å². The minimum Gasteiger partial charge on any atom is -0.450 e. The Hall–Kier alpha value is -2.05. The predicted molar refractivity (Wildman–Crippen MR) is 70.1 cm³/mol. The molecular formula is C12H18N4O3. The molecule has 1 aliphatic heterocycles. The van der Waals surface area contributed by atoms with Gasteiger partial charge in [-0.25, -0.2) is 9.89 Å². The van der Waals surface area contributed by atoms with Gasteiger partial charge in [0, 0.05) is 25.2 Å². The summed E-state index contributed by atoms with van der Waals surface area (Å²) in [5.74, 6) is 0. The summed E-state index contributed by atoms with van der Waals surface area (Å²) in [4.78, 5) is 24.4. The highest BCUT2D eigenvalue weighted by Crippen LogP contribution is 2.15. The second-order valence-electron chi connectivity index (χ2n) is 4.44. The van der Waals surface area contributed by atoms with Crippen LogP contribution in [0.2, 0.25) is 0 Å². The first-order valence-electron chi connectivity index (χ1n) is 6.42. The van der Waals surface area contributed by atoms with Gasteiger partial charge < -0.3 is 15.0 Å². The second kappa shape index (κ2) is 6.21. The Morgan fingerprint density at radius 2 is 2.32 bits per heavy atom. The van der Waals surface area contributed by atoms with E-state index >= 15 is 0 Å². The van der Waals surface area contributed by atoms with Crippen molar-refractivity contribution in [2.45, 2.75) is 25.8 Å². The van der Waals surface area contributed by atoms with Gasteiger partial charge in [0.05, 0.1) is 18.5 Å². The van der Waals surface area contributed by atoms with Crippen molar-refractivity contribution in [2.24, 2.45) is 0 Å². The highest BCUT2D eigenvalue weighted by Gasteiger charge is 2.23. The quantitative estimate of drug-likeness (QED) is 0.845. The van der Waals surface area contributed by atoms with Gasteiger partial charge in [-0.05, 0) is 19.8 Å². The summed E-state index contributed by atoms with van der Waals surface area (Å²) in [6.07, 6.45) is 2.98. The highest BCUT2D eigenvalue weighted by atomic mass is 16.6. The molecule has 2 N–H and O–H groups in total. The number of anilines is 1. The Labute approximate surface area is 110 Å². The first-order chi connectivity index (χ1) is 9.19. The van der Waals surface area contributed by atoms with Gasteiger partial charge >= 0.3 is 6.09 Å². The number of piperidine rings is 1. The molecule has 1 aromatic heterocycles. The summed E-state index contributed by atoms with van der Waals surface area (Å²) in [6.45, 7) is 3.52. The minimum absolute atomic E-state index is 0.228. The summed E-state index contributed by atoms with van der Waals surface area (Å²) < 4.78 is 4.96. The molecule has 1 saturated heterocycles. The molecule has 19 heavy (non-hydrogen) atoms. The third-order valence-electron chi connectivity index (χ3n) is 3.06. The molecule has 7 heteroatoms. The summed E-state index contributed by atoms with van der Waals surface area (Å²) in [5.41, 5.74) is 0.479. The standard InChI is InChI=1S/C12H18N4O3/c1-2-19-12(18)16-5-3-9(4-6-16)14-10-7-11(17)15-13-8-10/h7-9H,2-6H2,1H3,(H2,14,15,17). The van der Waals surface area contributed by atoms with Crippen molar-refractivity contribution in [2.75, 3.05) is 25.0 Å². The van der Waals surface area contributed by atoms with Gasteiger partial charge in [0.15, 0.2) is 0 Å². The van der Waals surface area contributed by atoms with Crippen LogP contribution in [0.5, 0.6) is 0 Å². The average Bonchev–Trinajstić information content (AvgIpc) is 2.40. The second-order valence-corrected chi connectivity index (χ2v) is 4.44. The highest BCUT2D eigenvalue weighted by molar-refractivity contribution is 5.67. The maximum absolute atomic E-state index is 11.5. The third-order valence-corrected chi connectivity index (χ3v) is 3.06. The van der Waals surface area contributed by atoms with Crippen molar-refractivity contribution in [1.29, 1.82) is 0 Å². The van der Waals surface area contributed by atoms with Crippen molar-refractivity contribution in [3.05, 3.63) is 22.6 Å². The Morgan fingerprint density at radius 1 is 1.58 bits per heavy atom. The molecule has 1 fully saturated rings. The minimum atomic E-state index is -0.251. The zero-order valence-corrected chi connectivity index (χ0v) is 10.9. The van der Waals surface area contributed by atoms with E-state index in [0.29, 0.717) is 25.4 Å². The van der Waals surface area contributed by atoms with Crippen molar-refractivity contribution >= 4 is 11.8 Å². The molecule has 0 atom stereocenters. The van der Waals surface area contributed by atoms with Crippen molar-refractivity contribution in [1.82, 2.24) is 15.1 Å². The Kier molecular flexibility index (Phi) is 4.38. The number of aromatic nitrogens is 2. The summed E-state index contributed by atoms with van der Waals surface area (Å²) in [5, 5.41) is 9.31. The van der Waals surface area contributed by atoms with Crippen LogP contribution in [0.15, 0.2) is 17.1 Å². The van der Waals surface area contributed by atoms with Crippen LogP contribution in [0.1, 0.15) is 19.8 Å². The van der Waals surface area contributed by atoms with Crippen LogP contribution in [-0.2, 0) is 4.74 Å². The van der Waals surface area contributed by atoms with Crippen LogP contribution in [0.4, 0.5) is 10.5 Å². The van der Waals surface area contributed by atoms with Gasteiger partial charge in [-0.3, -0.25) is 4.79 Å². The number of H-pyrrole nitrogens is 1. The first kappa shape index (κ1) is 13.4. The predicted octanol–water partition coefficient (Wildman–Crippen LogP) is 0.803. The number of amides is 1. The van der Waals surface area contributed by atoms with E-state index in [0.717, 1.165) is 12.8 Å². The van der Waals surface area contributed by atoms with E-state index in [1.165, 1.54) is 6.07 Å². The lowest BCUT2D eigenvalue weighted by Gasteiger charge is -2.31. The van der Waals surface area contributed by atoms with Crippen LogP contribution in [0, 0.1) is 0 Å². The molecule has 0 aliphatic carbocycles. The van der Waals surface area contributed by atoms with Gasteiger partial charge in [0.25, 0.3) is 5.56 Å². The van der Waals surface area contributed by atoms with Gasteiger partial charge in [0.1, 0.15) is 0 Å². The molecule has 7 nitrogen and oxygen atoms in total. The van der Waals surface area contributed by atoms with Gasteiger partial charge in [-0.1, -0.05) is 0 Å². The normalized spacial score (nSPS) is 16.2. The molecule has 1 aliphatic rings. The van der Waals surface area contributed by atoms with Gasteiger partial charge in [-0.15, -0.1) is 0 Å². The molecule has 1 amide bonds. The number of carbonyl (C=O) groups excluding carboxylic acids is 1. The van der Waals surface area contributed by atoms with Crippen LogP contribution in [0.3, 0.4) is 0 Å². The lowest BCUT2D eigenvalue weighted by atomic mass is 10.1. The molecule has 2 heterocycles. The zero-order chi connectivity index (χ0) is 13.7. The molecular weight excluding hydrogens is 248 g/mol. The molecule has 1 aromatic rings. The summed E-state index contributed by atoms with van der Waals surface area (Å²) in [6, 6.07) is 1.72. The molecule has 0 radical (unpaired) electrons. The Morgan fingerprint density at radius 3 is 2.95 bits per heavy atom. The largest absolute Gasteiger partial charge is 0.450 e. The topological polar surface area (TPSA) is 87.3 Å². The SMILES string of the molecule is CCOC(=O)N1CCC(Nc2cn[nH]c(=O)c2)CC1. The van der Waals surface area contributed by atoms with Crippen LogP contribution in [-0.4, -0.2) is 46.9 Å². The maximum Gasteiger partial charge on any atom is 0.409 e. The van der Waals surface area contributed by atoms with E-state index in [1.807, 2.05) is 0 Å². The number of rotatable bonds is 3. The van der Waals surface area contributed by atoms with Crippen LogP contribution < -0.4 is 10.9 Å². The number of hydrogen-bond donors (Lipinski definition) is 2. The van der Waals surface area contributed by atoms with Crippen molar-refractivity contribution in [3.8, 4) is 0 Å². The van der Waals surface area contributed by atoms with Crippen molar-refractivity contribution < 1.29 is 9.53 Å². The number of nitrogens with one attached hydrogen (secondary N) is 2. The van der Waals surface area contributed by atoms with E-state index < -0.39 is 0 Å². The molecule has 104 valence electrons. The smallest absolute Gasteiger partial charge is 0.409 e. The van der Waals surface area contributed by atoms with Crippen LogP contribution in [0.25, 0.3) is 0 Å². The number of hydrogen-bond acceptors (Lipinski definition) is 5. The van der Waals surface area contributed by atoms with Crippen LogP contribution >= 0.6 is 0 Å². The lowest BCUT2D eigenvalue weighted by Crippen LogP contribution is -2.42. The fourth-order valence-corrected chi connectivity index (χ4v) is 2.11. The monoisotopic (exact) mass is 266 g/mol. The molecule has 0 bridgehead atoms. The van der Waals surface area contributed by atoms with E-state index in [2.05, 4.69) is 15.5 Å². The number of likely N-dealkylation sites (tertiary alicyclic amines) is 1. The molecule has 0 aromatic carbocycles. The van der Waals surface area contributed by atoms with E-state index in [4.69, 9.17) is 4.74 Å². The Balaban J connectivity index is 1.83. The Bertz CT molecular complexity index is 480. The molecule has 0 saturated carbocycles. The fourth-order valence-electron chi connectivity index (χ4n) is 2.11. The van der Waals surface area contributed by atoms with E-state index in [1.54, 1.807) is 18.0 Å². The van der Waals surface area contributed by atoms with Gasteiger partial charge in [-0.2, -0.15) is 5.10 Å². The fraction of sp³-hybridized carbons (Fsp3) is 0.583. The van der Waals surface area contributed by atoms with E-state index in [-0.39, 0.29) is 17.7 Å².